The van der Waals surface area contributed by atoms with Crippen molar-refractivity contribution in [3.8, 4) is 0 Å². The fraction of sp³-hybridized carbons (Fsp3) is 0.667. The molecule has 1 atom stereocenters. The lowest BCUT2D eigenvalue weighted by Crippen LogP contribution is -2.61. The topological polar surface area (TPSA) is 61.8 Å². The fourth-order valence-electron chi connectivity index (χ4n) is 3.53. The summed E-state index contributed by atoms with van der Waals surface area (Å²) in [5.74, 6) is 1.06. The van der Waals surface area contributed by atoms with E-state index in [1.807, 2.05) is 10.8 Å². The predicted molar refractivity (Wildman–Crippen MR) is 94.9 cm³/mol. The molecule has 1 aromatic rings. The van der Waals surface area contributed by atoms with Crippen LogP contribution in [0.15, 0.2) is 11.2 Å². The van der Waals surface area contributed by atoms with Crippen LogP contribution in [0, 0.1) is 0 Å². The molecule has 2 aliphatic heterocycles. The summed E-state index contributed by atoms with van der Waals surface area (Å²) in [6, 6.07) is -0.879. The van der Waals surface area contributed by atoms with Crippen molar-refractivity contribution in [2.45, 2.75) is 65.0 Å². The first-order chi connectivity index (χ1) is 11.7. The maximum absolute atomic E-state index is 12.7. The van der Waals surface area contributed by atoms with Crippen LogP contribution in [-0.2, 0) is 16.8 Å². The lowest BCUT2D eigenvalue weighted by atomic mass is 9.92. The zero-order chi connectivity index (χ0) is 18.5. The molecule has 1 aromatic heterocycles. The van der Waals surface area contributed by atoms with Crippen LogP contribution in [0.3, 0.4) is 0 Å². The third-order valence-corrected chi connectivity index (χ3v) is 5.00. The van der Waals surface area contributed by atoms with Crippen LogP contribution >= 0.6 is 0 Å². The number of unbranched alkanes of at least 4 members (excludes halogenated alkanes) is 2. The number of carbonyl (C=O) groups excluding carboxylic acids is 2. The summed E-state index contributed by atoms with van der Waals surface area (Å²) < 4.78 is 4.15. The van der Waals surface area contributed by atoms with Gasteiger partial charge in [0.1, 0.15) is 11.9 Å². The minimum absolute atomic E-state index is 0.0510. The van der Waals surface area contributed by atoms with Gasteiger partial charge in [-0.05, 0) is 6.42 Å². The highest BCUT2D eigenvalue weighted by molar-refractivity contribution is 6.18. The van der Waals surface area contributed by atoms with Crippen LogP contribution < -0.4 is 4.57 Å². The van der Waals surface area contributed by atoms with Gasteiger partial charge in [0.2, 0.25) is 11.9 Å². The minimum atomic E-state index is -0.545. The predicted octanol–water partition coefficient (Wildman–Crippen LogP) is 2.37. The van der Waals surface area contributed by atoms with Crippen molar-refractivity contribution in [1.29, 1.82) is 0 Å². The van der Waals surface area contributed by atoms with E-state index in [1.165, 1.54) is 16.8 Å². The summed E-state index contributed by atoms with van der Waals surface area (Å²) in [6.45, 7) is 9.56. The number of amides is 3. The highest BCUT2D eigenvalue weighted by Crippen LogP contribution is 2.33. The highest BCUT2D eigenvalue weighted by Gasteiger charge is 2.52. The molecule has 0 aromatic carbocycles. The molecule has 1 unspecified atom stereocenters. The molecule has 0 radical (unpaired) electrons. The third-order valence-electron chi connectivity index (χ3n) is 5.00. The monoisotopic (exact) mass is 346 g/mol. The van der Waals surface area contributed by atoms with E-state index in [2.05, 4.69) is 32.3 Å². The summed E-state index contributed by atoms with van der Waals surface area (Å²) in [7, 11) is 3.20. The number of imide groups is 1. The average Bonchev–Trinajstić information content (AvgIpc) is 3.07. The fourth-order valence-corrected chi connectivity index (χ4v) is 3.53. The average molecular weight is 346 g/mol. The van der Waals surface area contributed by atoms with Gasteiger partial charge >= 0.3 is 12.0 Å². The molecule has 0 saturated carbocycles. The van der Waals surface area contributed by atoms with E-state index in [1.54, 1.807) is 7.05 Å². The molecule has 25 heavy (non-hydrogen) atoms. The number of aromatic nitrogens is 2. The maximum atomic E-state index is 12.7. The number of carbonyl (C=O) groups is 2. The highest BCUT2D eigenvalue weighted by atomic mass is 16.2. The Morgan fingerprint density at radius 2 is 1.84 bits per heavy atom. The molecule has 1 saturated heterocycles. The number of likely N-dealkylation sites (N-methyl/N-ethyl adjacent to an activating group) is 2. The number of rotatable bonds is 4. The van der Waals surface area contributed by atoms with Crippen LogP contribution in [-0.4, -0.2) is 46.2 Å². The second-order valence-electron chi connectivity index (χ2n) is 7.94. The van der Waals surface area contributed by atoms with E-state index in [9.17, 15) is 9.59 Å². The Morgan fingerprint density at radius 1 is 1.16 bits per heavy atom. The van der Waals surface area contributed by atoms with Crippen LogP contribution in [0.4, 0.5) is 10.7 Å². The van der Waals surface area contributed by atoms with Crippen LogP contribution in [0.25, 0.3) is 0 Å². The van der Waals surface area contributed by atoms with Gasteiger partial charge in [-0.3, -0.25) is 14.6 Å². The van der Waals surface area contributed by atoms with Gasteiger partial charge in [-0.1, -0.05) is 45.5 Å². The molecule has 1 fully saturated rings. The van der Waals surface area contributed by atoms with Gasteiger partial charge in [0.25, 0.3) is 5.91 Å². The first-order valence-corrected chi connectivity index (χ1v) is 8.97. The molecule has 3 rings (SSSR count). The van der Waals surface area contributed by atoms with Gasteiger partial charge in [0.15, 0.2) is 0 Å². The van der Waals surface area contributed by atoms with Crippen molar-refractivity contribution >= 4 is 23.7 Å². The molecule has 2 aliphatic rings. The van der Waals surface area contributed by atoms with Crippen molar-refractivity contribution < 1.29 is 14.2 Å². The number of fused-ring (bicyclic) bond motifs is 3. The standard InChI is InChI=1S/C18H28N5O2/c1-7-8-9-10-22-12(18(2,3)4)11-23-13-14(19-16(22)23)20(5)17(25)21(6)15(13)24/h11,13H,7-10H2,1-6H3/q+1. The van der Waals surface area contributed by atoms with E-state index >= 15 is 0 Å². The zero-order valence-corrected chi connectivity index (χ0v) is 16.0. The smallest absolute Gasteiger partial charge is 0.270 e. The summed E-state index contributed by atoms with van der Waals surface area (Å²) >= 11 is 0. The molecule has 0 aliphatic carbocycles. The molecule has 7 nitrogen and oxygen atoms in total. The number of aliphatic imine (C=N–C) groups is 1. The molecular formula is C18H28N5O2+. The lowest BCUT2D eigenvalue weighted by molar-refractivity contribution is -0.677. The van der Waals surface area contributed by atoms with Crippen LogP contribution in [0.2, 0.25) is 0 Å². The van der Waals surface area contributed by atoms with Crippen LogP contribution in [0.5, 0.6) is 0 Å². The van der Waals surface area contributed by atoms with Gasteiger partial charge in [0.05, 0.1) is 6.54 Å². The number of hydrogen-bond acceptors (Lipinski definition) is 3. The van der Waals surface area contributed by atoms with Crippen molar-refractivity contribution in [3.05, 3.63) is 11.9 Å². The first-order valence-electron chi connectivity index (χ1n) is 8.97. The Hall–Kier alpha value is -2.18. The second-order valence-corrected chi connectivity index (χ2v) is 7.94. The van der Waals surface area contributed by atoms with Gasteiger partial charge < -0.3 is 0 Å². The van der Waals surface area contributed by atoms with E-state index in [4.69, 9.17) is 4.99 Å². The molecule has 0 bridgehead atoms. The van der Waals surface area contributed by atoms with Crippen LogP contribution in [0.1, 0.15) is 58.7 Å². The van der Waals surface area contributed by atoms with E-state index in [0.717, 1.165) is 37.4 Å². The Balaban J connectivity index is 2.10. The SMILES string of the molecule is CCCCCn1c(C(C)(C)C)c[n+]2c1N=C1C2C(=O)N(C)C(=O)N1C. The Bertz CT molecular complexity index is 756. The second kappa shape index (κ2) is 5.97. The van der Waals surface area contributed by atoms with Gasteiger partial charge in [-0.15, -0.1) is 0 Å². The molecule has 0 spiro atoms. The van der Waals surface area contributed by atoms with E-state index < -0.39 is 6.04 Å². The molecule has 0 N–H and O–H groups in total. The largest absolute Gasteiger partial charge is 0.401 e. The normalized spacial score (nSPS) is 20.1. The van der Waals surface area contributed by atoms with Crippen molar-refractivity contribution in [3.63, 3.8) is 0 Å². The Labute approximate surface area is 148 Å². The Morgan fingerprint density at radius 3 is 2.44 bits per heavy atom. The van der Waals surface area contributed by atoms with Crippen molar-refractivity contribution in [2.24, 2.45) is 4.99 Å². The minimum Gasteiger partial charge on any atom is -0.270 e. The van der Waals surface area contributed by atoms with E-state index in [0.29, 0.717) is 5.84 Å². The zero-order valence-electron chi connectivity index (χ0n) is 16.0. The van der Waals surface area contributed by atoms with Gasteiger partial charge in [-0.2, -0.15) is 0 Å². The number of amidine groups is 1. The number of imidazole rings is 1. The first kappa shape index (κ1) is 17.6. The van der Waals surface area contributed by atoms with Crippen molar-refractivity contribution in [2.75, 3.05) is 14.1 Å². The molecular weight excluding hydrogens is 318 g/mol. The number of urea groups is 1. The third kappa shape index (κ3) is 2.65. The van der Waals surface area contributed by atoms with E-state index in [-0.39, 0.29) is 17.4 Å². The lowest BCUT2D eigenvalue weighted by Gasteiger charge is -2.30. The van der Waals surface area contributed by atoms with Gasteiger partial charge in [-0.25, -0.2) is 13.9 Å². The maximum Gasteiger partial charge on any atom is 0.401 e. The molecule has 3 heterocycles. The Kier molecular flexibility index (Phi) is 4.21. The summed E-state index contributed by atoms with van der Waals surface area (Å²) in [4.78, 5) is 32.3. The summed E-state index contributed by atoms with van der Waals surface area (Å²) in [5.41, 5.74) is 1.11. The molecule has 7 heteroatoms. The quantitative estimate of drug-likeness (QED) is 0.621. The summed E-state index contributed by atoms with van der Waals surface area (Å²) in [6.07, 6.45) is 5.41. The van der Waals surface area contributed by atoms with Crippen molar-refractivity contribution in [1.82, 2.24) is 14.4 Å². The molecule has 3 amide bonds. The number of nitrogens with zero attached hydrogens (tertiary/aromatic N) is 5. The number of hydrogen-bond donors (Lipinski definition) is 0. The van der Waals surface area contributed by atoms with Gasteiger partial charge in [0, 0.05) is 19.5 Å². The molecule has 136 valence electrons. The summed E-state index contributed by atoms with van der Waals surface area (Å²) in [5, 5.41) is 0.